The van der Waals surface area contributed by atoms with Crippen molar-refractivity contribution < 1.29 is 9.59 Å². The molecule has 0 saturated heterocycles. The van der Waals surface area contributed by atoms with Gasteiger partial charge in [-0.3, -0.25) is 29.6 Å². The predicted molar refractivity (Wildman–Crippen MR) is 172 cm³/mol. The van der Waals surface area contributed by atoms with Crippen molar-refractivity contribution in [2.24, 2.45) is 55.5 Å². The van der Waals surface area contributed by atoms with Crippen LogP contribution in [-0.2, 0) is 9.59 Å². The first kappa shape index (κ1) is 29.5. The lowest BCUT2D eigenvalue weighted by atomic mass is 9.76. The molecule has 7 aliphatic rings. The molecule has 0 aromatic rings. The topological polar surface area (TPSA) is 156 Å². The second-order valence-corrected chi connectivity index (χ2v) is 13.9. The van der Waals surface area contributed by atoms with Crippen LogP contribution in [0.5, 0.6) is 0 Å². The first-order valence-corrected chi connectivity index (χ1v) is 17.3. The number of amidine groups is 4. The molecule has 4 atom stereocenters. The number of amides is 2. The van der Waals surface area contributed by atoms with E-state index in [9.17, 15) is 9.59 Å². The van der Waals surface area contributed by atoms with E-state index in [1.54, 1.807) is 0 Å². The zero-order valence-corrected chi connectivity index (χ0v) is 26.0. The molecule has 0 spiro atoms. The van der Waals surface area contributed by atoms with Crippen molar-refractivity contribution >= 4 is 35.2 Å². The number of hydrogen-bond acceptors (Lipinski definition) is 10. The van der Waals surface area contributed by atoms with Crippen LogP contribution in [0, 0.1) is 35.5 Å². The lowest BCUT2D eigenvalue weighted by Gasteiger charge is -2.37. The fraction of sp³-hybridized carbons (Fsp3) is 0.812. The van der Waals surface area contributed by atoms with Crippen LogP contribution in [0.3, 0.4) is 0 Å². The monoisotopic (exact) mass is 606 g/mol. The zero-order chi connectivity index (χ0) is 29.9. The third kappa shape index (κ3) is 6.73. The van der Waals surface area contributed by atoms with E-state index in [1.165, 1.54) is 0 Å². The van der Waals surface area contributed by atoms with Gasteiger partial charge in [-0.1, -0.05) is 0 Å². The van der Waals surface area contributed by atoms with Crippen LogP contribution < -0.4 is 31.9 Å². The van der Waals surface area contributed by atoms with Crippen LogP contribution in [0.15, 0.2) is 20.0 Å². The van der Waals surface area contributed by atoms with E-state index < -0.39 is 0 Å². The summed E-state index contributed by atoms with van der Waals surface area (Å²) in [5.41, 5.74) is 0. The summed E-state index contributed by atoms with van der Waals surface area (Å²) >= 11 is 0. The normalized spacial score (nSPS) is 36.9. The minimum absolute atomic E-state index is 0.0249. The molecule has 12 heteroatoms. The minimum Gasteiger partial charge on any atom is -0.372 e. The fourth-order valence-electron chi connectivity index (χ4n) is 8.78. The molecule has 3 aliphatic carbocycles. The molecule has 6 N–H and O–H groups in total. The summed E-state index contributed by atoms with van der Waals surface area (Å²) in [6.45, 7) is 6.98. The van der Waals surface area contributed by atoms with E-state index in [-0.39, 0.29) is 35.7 Å². The highest BCUT2D eigenvalue weighted by atomic mass is 16.2. The summed E-state index contributed by atoms with van der Waals surface area (Å²) in [6, 6.07) is 0.236. The Morgan fingerprint density at radius 2 is 0.773 bits per heavy atom. The Labute approximate surface area is 260 Å². The summed E-state index contributed by atoms with van der Waals surface area (Å²) in [4.78, 5) is 45.9. The summed E-state index contributed by atoms with van der Waals surface area (Å²) in [5.74, 6) is 6.01. The molecule has 0 aromatic carbocycles. The van der Waals surface area contributed by atoms with Crippen LogP contribution in [-0.4, -0.2) is 99.6 Å². The Balaban J connectivity index is 0.913. The number of hydrogen-bond donors (Lipinski definition) is 6. The van der Waals surface area contributed by atoms with Crippen molar-refractivity contribution in [1.82, 2.24) is 31.9 Å². The largest absolute Gasteiger partial charge is 0.372 e. The van der Waals surface area contributed by atoms with Gasteiger partial charge in [-0.2, -0.15) is 0 Å². The number of carbonyl (C=O) groups is 2. The van der Waals surface area contributed by atoms with Crippen LogP contribution >= 0.6 is 0 Å². The molecule has 4 aliphatic heterocycles. The van der Waals surface area contributed by atoms with Crippen molar-refractivity contribution in [3.63, 3.8) is 0 Å². The standard InChI is InChI=1S/C32H50N10O2/c43-31(41-25-15-21(27-33-5-6-34-27)13-22(16-25)28-35-7-8-36-28)19-1-2-20(4-3-19)32(44)42-26-17-23(29-37-9-10-38-29)14-24(18-26)30-39-11-12-40-30/h19-26H,1-18H2,(H,33,34)(H,35,36)(H,37,38)(H,39,40)(H,41,43)(H,42,44). The molecular weight excluding hydrogens is 556 g/mol. The van der Waals surface area contributed by atoms with E-state index in [2.05, 4.69) is 31.9 Å². The molecule has 4 unspecified atom stereocenters. The second kappa shape index (κ2) is 13.4. The molecule has 0 radical (unpaired) electrons. The Morgan fingerprint density at radius 1 is 0.477 bits per heavy atom. The van der Waals surface area contributed by atoms with Crippen LogP contribution in [0.25, 0.3) is 0 Å². The van der Waals surface area contributed by atoms with Gasteiger partial charge in [-0.25, -0.2) is 0 Å². The van der Waals surface area contributed by atoms with Gasteiger partial charge in [0.15, 0.2) is 0 Å². The molecule has 0 bridgehead atoms. The highest BCUT2D eigenvalue weighted by molar-refractivity contribution is 5.91. The highest BCUT2D eigenvalue weighted by Gasteiger charge is 2.39. The summed E-state index contributed by atoms with van der Waals surface area (Å²) < 4.78 is 0. The average molecular weight is 607 g/mol. The molecule has 7 rings (SSSR count). The second-order valence-electron chi connectivity index (χ2n) is 13.9. The van der Waals surface area contributed by atoms with Gasteiger partial charge in [0, 0.05) is 73.8 Å². The molecule has 3 fully saturated rings. The van der Waals surface area contributed by atoms with Gasteiger partial charge in [-0.05, 0) is 64.2 Å². The fourth-order valence-corrected chi connectivity index (χ4v) is 8.78. The van der Waals surface area contributed by atoms with Gasteiger partial charge in [0.25, 0.3) is 0 Å². The van der Waals surface area contributed by atoms with Gasteiger partial charge in [0.05, 0.1) is 49.5 Å². The van der Waals surface area contributed by atoms with Gasteiger partial charge < -0.3 is 31.9 Å². The molecule has 3 saturated carbocycles. The molecule has 4 heterocycles. The smallest absolute Gasteiger partial charge is 0.223 e. The van der Waals surface area contributed by atoms with E-state index >= 15 is 0 Å². The summed E-state index contributed by atoms with van der Waals surface area (Å²) in [6.07, 6.45) is 8.82. The van der Waals surface area contributed by atoms with E-state index in [0.717, 1.165) is 140 Å². The Kier molecular flexibility index (Phi) is 9.02. The molecule has 240 valence electrons. The number of nitrogens with zero attached hydrogens (tertiary/aromatic N) is 4. The molecular formula is C32H50N10O2. The van der Waals surface area contributed by atoms with Crippen molar-refractivity contribution in [3.8, 4) is 0 Å². The maximum absolute atomic E-state index is 13.5. The first-order valence-electron chi connectivity index (χ1n) is 17.3. The number of nitrogens with one attached hydrogen (secondary N) is 6. The molecule has 44 heavy (non-hydrogen) atoms. The highest BCUT2D eigenvalue weighted by Crippen LogP contribution is 2.35. The van der Waals surface area contributed by atoms with Gasteiger partial charge in [0.2, 0.25) is 11.8 Å². The maximum Gasteiger partial charge on any atom is 0.223 e. The Hall–Kier alpha value is -3.18. The first-order chi connectivity index (χ1) is 21.6. The van der Waals surface area contributed by atoms with Gasteiger partial charge in [-0.15, -0.1) is 0 Å². The van der Waals surface area contributed by atoms with Crippen LogP contribution in [0.2, 0.25) is 0 Å². The lowest BCUT2D eigenvalue weighted by Crippen LogP contribution is -2.49. The van der Waals surface area contributed by atoms with Gasteiger partial charge in [0.1, 0.15) is 0 Å². The van der Waals surface area contributed by atoms with Crippen LogP contribution in [0.1, 0.15) is 64.2 Å². The average Bonchev–Trinajstić information content (AvgIpc) is 3.89. The van der Waals surface area contributed by atoms with Crippen molar-refractivity contribution in [1.29, 1.82) is 0 Å². The SMILES string of the molecule is O=C(NC1CC(C2=NCCN2)CC(C2=NCCN2)C1)C1CCC(C(=O)NC2CC(C3=NCCN3)CC(C3=NCCN3)C2)CC1. The zero-order valence-electron chi connectivity index (χ0n) is 26.0. The molecule has 0 aromatic heterocycles. The van der Waals surface area contributed by atoms with Crippen molar-refractivity contribution in [3.05, 3.63) is 0 Å². The third-order valence-corrected chi connectivity index (χ3v) is 10.9. The van der Waals surface area contributed by atoms with Gasteiger partial charge >= 0.3 is 0 Å². The summed E-state index contributed by atoms with van der Waals surface area (Å²) in [5, 5.41) is 20.8. The Bertz CT molecular complexity index is 1050. The lowest BCUT2D eigenvalue weighted by molar-refractivity contribution is -0.131. The molecule has 2 amide bonds. The minimum atomic E-state index is -0.0249. The number of rotatable bonds is 8. The number of carbonyl (C=O) groups excluding carboxylic acids is 2. The quantitative estimate of drug-likeness (QED) is 0.238. The van der Waals surface area contributed by atoms with Crippen molar-refractivity contribution in [2.45, 2.75) is 76.3 Å². The van der Waals surface area contributed by atoms with Crippen LogP contribution in [0.4, 0.5) is 0 Å². The number of aliphatic imine (C=N–C) groups is 4. The summed E-state index contributed by atoms with van der Waals surface area (Å²) in [7, 11) is 0. The maximum atomic E-state index is 13.5. The van der Waals surface area contributed by atoms with E-state index in [0.29, 0.717) is 23.7 Å². The molecule has 12 nitrogen and oxygen atoms in total. The van der Waals surface area contributed by atoms with E-state index in [4.69, 9.17) is 20.0 Å². The van der Waals surface area contributed by atoms with Crippen molar-refractivity contribution in [2.75, 3.05) is 52.4 Å². The Morgan fingerprint density at radius 3 is 1.02 bits per heavy atom. The van der Waals surface area contributed by atoms with E-state index in [1.807, 2.05) is 0 Å². The third-order valence-electron chi connectivity index (χ3n) is 10.9. The predicted octanol–water partition coefficient (Wildman–Crippen LogP) is 0.602.